The van der Waals surface area contributed by atoms with Crippen LogP contribution in [0.4, 0.5) is 5.69 Å². The van der Waals surface area contributed by atoms with E-state index in [1.165, 1.54) is 0 Å². The summed E-state index contributed by atoms with van der Waals surface area (Å²) >= 11 is 3.24. The van der Waals surface area contributed by atoms with E-state index < -0.39 is 0 Å². The molecule has 0 amide bonds. The first kappa shape index (κ1) is 13.5. The minimum atomic E-state index is -0.329. The van der Waals surface area contributed by atoms with E-state index in [4.69, 9.17) is 0 Å². The fraction of sp³-hybridized carbons (Fsp3) is 0.667. The van der Waals surface area contributed by atoms with Crippen molar-refractivity contribution in [2.75, 3.05) is 11.9 Å². The maximum Gasteiger partial charge on any atom is 0.280 e. The molecular weight excluding hydrogens is 298 g/mol. The number of aromatic nitrogens is 2. The number of anilines is 1. The molecule has 0 aliphatic heterocycles. The van der Waals surface area contributed by atoms with E-state index in [1.807, 2.05) is 0 Å². The summed E-state index contributed by atoms with van der Waals surface area (Å²) < 4.78 is 0.434. The monoisotopic (exact) mass is 315 g/mol. The summed E-state index contributed by atoms with van der Waals surface area (Å²) in [7, 11) is 0. The molecule has 1 aliphatic rings. The molecule has 0 spiro atoms. The first-order valence-corrected chi connectivity index (χ1v) is 6.98. The maximum atomic E-state index is 11.5. The number of aliphatic hydroxyl groups is 1. The smallest absolute Gasteiger partial charge is 0.280 e. The summed E-state index contributed by atoms with van der Waals surface area (Å²) in [5.41, 5.74) is 0.0458. The number of nitrogens with zero attached hydrogens (tertiary/aromatic N) is 1. The SMILES string of the molecule is CC1CCC(CO)(Nc2cn[nH]c(=O)c2Br)CC1. The second-order valence-corrected chi connectivity index (χ2v) is 5.97. The topological polar surface area (TPSA) is 78.0 Å². The van der Waals surface area contributed by atoms with Crippen LogP contribution in [0, 0.1) is 5.92 Å². The van der Waals surface area contributed by atoms with E-state index in [9.17, 15) is 9.90 Å². The van der Waals surface area contributed by atoms with Crippen LogP contribution in [0.2, 0.25) is 0 Å². The number of aliphatic hydroxyl groups excluding tert-OH is 1. The number of rotatable bonds is 3. The fourth-order valence-electron chi connectivity index (χ4n) is 2.39. The zero-order valence-corrected chi connectivity index (χ0v) is 12.0. The molecule has 0 bridgehead atoms. The number of halogens is 1. The molecule has 0 unspecified atom stereocenters. The van der Waals surface area contributed by atoms with Crippen molar-refractivity contribution in [2.24, 2.45) is 5.92 Å². The molecule has 1 heterocycles. The van der Waals surface area contributed by atoms with Gasteiger partial charge in [-0.15, -0.1) is 0 Å². The van der Waals surface area contributed by atoms with Crippen molar-refractivity contribution in [3.05, 3.63) is 21.0 Å². The number of nitrogens with one attached hydrogen (secondary N) is 2. The Kier molecular flexibility index (Phi) is 4.07. The molecule has 1 aromatic rings. The highest BCUT2D eigenvalue weighted by molar-refractivity contribution is 9.10. The van der Waals surface area contributed by atoms with Crippen LogP contribution in [-0.2, 0) is 0 Å². The Bertz CT molecular complexity index is 467. The first-order valence-electron chi connectivity index (χ1n) is 6.18. The van der Waals surface area contributed by atoms with Crippen LogP contribution in [0.15, 0.2) is 15.5 Å². The van der Waals surface area contributed by atoms with Gasteiger partial charge in [-0.25, -0.2) is 5.10 Å². The van der Waals surface area contributed by atoms with Crippen LogP contribution in [0.1, 0.15) is 32.6 Å². The van der Waals surface area contributed by atoms with E-state index in [0.29, 0.717) is 16.1 Å². The summed E-state index contributed by atoms with van der Waals surface area (Å²) in [4.78, 5) is 11.5. The Hall–Kier alpha value is -0.880. The summed E-state index contributed by atoms with van der Waals surface area (Å²) in [6, 6.07) is 0. The quantitative estimate of drug-likeness (QED) is 0.796. The van der Waals surface area contributed by atoms with Gasteiger partial charge in [-0.3, -0.25) is 4.79 Å². The van der Waals surface area contributed by atoms with Crippen molar-refractivity contribution in [2.45, 2.75) is 38.1 Å². The van der Waals surface area contributed by atoms with Crippen molar-refractivity contribution in [3.8, 4) is 0 Å². The minimum absolute atomic E-state index is 0.0684. The number of hydrogen-bond donors (Lipinski definition) is 3. The molecule has 2 rings (SSSR count). The lowest BCUT2D eigenvalue weighted by Crippen LogP contribution is -2.45. The normalized spacial score (nSPS) is 28.1. The molecule has 0 radical (unpaired) electrons. The Morgan fingerprint density at radius 3 is 2.89 bits per heavy atom. The van der Waals surface area contributed by atoms with Gasteiger partial charge < -0.3 is 10.4 Å². The van der Waals surface area contributed by atoms with Crippen LogP contribution in [-0.4, -0.2) is 27.4 Å². The van der Waals surface area contributed by atoms with Crippen LogP contribution < -0.4 is 10.9 Å². The number of aromatic amines is 1. The Balaban J connectivity index is 2.20. The van der Waals surface area contributed by atoms with Crippen LogP contribution in [0.5, 0.6) is 0 Å². The van der Waals surface area contributed by atoms with Gasteiger partial charge in [0.2, 0.25) is 0 Å². The highest BCUT2D eigenvalue weighted by Gasteiger charge is 2.34. The summed E-state index contributed by atoms with van der Waals surface area (Å²) in [5.74, 6) is 0.701. The van der Waals surface area contributed by atoms with Gasteiger partial charge in [0.25, 0.3) is 5.56 Å². The molecule has 1 aliphatic carbocycles. The first-order chi connectivity index (χ1) is 8.56. The molecule has 0 atom stereocenters. The lowest BCUT2D eigenvalue weighted by atomic mass is 9.77. The molecule has 18 heavy (non-hydrogen) atoms. The van der Waals surface area contributed by atoms with Gasteiger partial charge in [0.05, 0.1) is 24.0 Å². The van der Waals surface area contributed by atoms with Gasteiger partial charge in [-0.2, -0.15) is 5.10 Å². The molecular formula is C12H18BrN3O2. The third-order valence-corrected chi connectivity index (χ3v) is 4.52. The second kappa shape index (κ2) is 5.40. The lowest BCUT2D eigenvalue weighted by Gasteiger charge is -2.39. The molecule has 100 valence electrons. The molecule has 0 aromatic carbocycles. The Morgan fingerprint density at radius 2 is 2.28 bits per heavy atom. The van der Waals surface area contributed by atoms with Gasteiger partial charge in [0.1, 0.15) is 4.47 Å². The molecule has 1 aromatic heterocycles. The highest BCUT2D eigenvalue weighted by atomic mass is 79.9. The second-order valence-electron chi connectivity index (χ2n) is 5.17. The number of H-pyrrole nitrogens is 1. The molecule has 1 fully saturated rings. The third-order valence-electron chi connectivity index (χ3n) is 3.73. The predicted molar refractivity (Wildman–Crippen MR) is 73.6 cm³/mol. The zero-order valence-electron chi connectivity index (χ0n) is 10.4. The molecule has 6 heteroatoms. The van der Waals surface area contributed by atoms with E-state index >= 15 is 0 Å². The van der Waals surface area contributed by atoms with Gasteiger partial charge in [0.15, 0.2) is 0 Å². The number of hydrogen-bond acceptors (Lipinski definition) is 4. The van der Waals surface area contributed by atoms with Crippen molar-refractivity contribution in [3.63, 3.8) is 0 Å². The van der Waals surface area contributed by atoms with E-state index in [2.05, 4.69) is 38.4 Å². The average molecular weight is 316 g/mol. The molecule has 3 N–H and O–H groups in total. The lowest BCUT2D eigenvalue weighted by molar-refractivity contribution is 0.155. The van der Waals surface area contributed by atoms with Crippen LogP contribution in [0.3, 0.4) is 0 Å². The van der Waals surface area contributed by atoms with Crippen molar-refractivity contribution in [1.82, 2.24) is 10.2 Å². The maximum absolute atomic E-state index is 11.5. The van der Waals surface area contributed by atoms with Crippen LogP contribution in [0.25, 0.3) is 0 Å². The Morgan fingerprint density at radius 1 is 1.61 bits per heavy atom. The molecule has 0 saturated heterocycles. The zero-order chi connectivity index (χ0) is 13.2. The molecule has 5 nitrogen and oxygen atoms in total. The molecule has 1 saturated carbocycles. The fourth-order valence-corrected chi connectivity index (χ4v) is 2.68. The van der Waals surface area contributed by atoms with Gasteiger partial charge in [-0.05, 0) is 47.5 Å². The highest BCUT2D eigenvalue weighted by Crippen LogP contribution is 2.35. The van der Waals surface area contributed by atoms with Gasteiger partial charge in [0, 0.05) is 0 Å². The van der Waals surface area contributed by atoms with Crippen molar-refractivity contribution < 1.29 is 5.11 Å². The van der Waals surface area contributed by atoms with E-state index in [1.54, 1.807) is 6.20 Å². The predicted octanol–water partition coefficient (Wildman–Crippen LogP) is 1.89. The summed E-state index contributed by atoms with van der Waals surface area (Å²) in [5, 5.41) is 19.1. The van der Waals surface area contributed by atoms with Crippen molar-refractivity contribution >= 4 is 21.6 Å². The third kappa shape index (κ3) is 2.75. The summed E-state index contributed by atoms with van der Waals surface area (Å²) in [6.07, 6.45) is 5.55. The van der Waals surface area contributed by atoms with Crippen molar-refractivity contribution in [1.29, 1.82) is 0 Å². The summed E-state index contributed by atoms with van der Waals surface area (Å²) in [6.45, 7) is 2.30. The average Bonchev–Trinajstić information content (AvgIpc) is 2.38. The standard InChI is InChI=1S/C12H18BrN3O2/c1-8-2-4-12(7-17,5-3-8)15-9-6-14-16-11(18)10(9)13/h6,8,17H,2-5,7H2,1H3,(H2,15,16,18). The van der Waals surface area contributed by atoms with E-state index in [0.717, 1.165) is 25.7 Å². The Labute approximate surface area is 114 Å². The van der Waals surface area contributed by atoms with E-state index in [-0.39, 0.29) is 17.7 Å². The minimum Gasteiger partial charge on any atom is -0.394 e. The van der Waals surface area contributed by atoms with Crippen LogP contribution >= 0.6 is 15.9 Å². The van der Waals surface area contributed by atoms with Gasteiger partial charge in [-0.1, -0.05) is 6.92 Å². The largest absolute Gasteiger partial charge is 0.394 e. The van der Waals surface area contributed by atoms with Gasteiger partial charge >= 0.3 is 0 Å².